The summed E-state index contributed by atoms with van der Waals surface area (Å²) in [5, 5.41) is 8.75. The van der Waals surface area contributed by atoms with Crippen molar-refractivity contribution in [2.45, 2.75) is 19.3 Å². The highest BCUT2D eigenvalue weighted by Crippen LogP contribution is 2.26. The van der Waals surface area contributed by atoms with Crippen molar-refractivity contribution >= 4 is 23.5 Å². The number of aliphatic carboxylic acids is 1. The number of likely N-dealkylation sites (tertiary alicyclic amines) is 1. The molecule has 0 bridgehead atoms. The summed E-state index contributed by atoms with van der Waals surface area (Å²) < 4.78 is 13.7. The number of carboxylic acid groups (broad SMARTS) is 1. The standard InChI is InChI=1S/C14H15ClFNO3/c15-10-2-1-3-11(16)13(10)14(20)17-7-6-9(8-17)4-5-12(18)19/h1-3,9H,4-8H2,(H,18,19). The van der Waals surface area contributed by atoms with Gasteiger partial charge in [0.15, 0.2) is 0 Å². The first-order valence-corrected chi connectivity index (χ1v) is 6.82. The van der Waals surface area contributed by atoms with E-state index in [1.54, 1.807) is 0 Å². The van der Waals surface area contributed by atoms with Gasteiger partial charge in [0.05, 0.1) is 10.6 Å². The summed E-state index contributed by atoms with van der Waals surface area (Å²) in [7, 11) is 0. The molecule has 108 valence electrons. The molecular formula is C14H15ClFNO3. The van der Waals surface area contributed by atoms with Crippen molar-refractivity contribution in [2.75, 3.05) is 13.1 Å². The van der Waals surface area contributed by atoms with Crippen molar-refractivity contribution in [3.8, 4) is 0 Å². The fourth-order valence-corrected chi connectivity index (χ4v) is 2.68. The van der Waals surface area contributed by atoms with Crippen LogP contribution in [0.3, 0.4) is 0 Å². The number of carbonyl (C=O) groups is 2. The second-order valence-corrected chi connectivity index (χ2v) is 5.34. The molecule has 1 saturated heterocycles. The van der Waals surface area contributed by atoms with Crippen LogP contribution in [0.4, 0.5) is 4.39 Å². The molecule has 1 N–H and O–H groups in total. The first-order chi connectivity index (χ1) is 9.49. The summed E-state index contributed by atoms with van der Waals surface area (Å²) in [6, 6.07) is 4.14. The predicted octanol–water partition coefficient (Wildman–Crippen LogP) is 2.81. The summed E-state index contributed by atoms with van der Waals surface area (Å²) >= 11 is 5.88. The van der Waals surface area contributed by atoms with Gasteiger partial charge in [-0.15, -0.1) is 0 Å². The number of amides is 1. The second-order valence-electron chi connectivity index (χ2n) is 4.93. The van der Waals surface area contributed by atoms with E-state index in [4.69, 9.17) is 16.7 Å². The highest BCUT2D eigenvalue weighted by Gasteiger charge is 2.29. The summed E-state index contributed by atoms with van der Waals surface area (Å²) in [5.41, 5.74) is -0.104. The number of halogens is 2. The third kappa shape index (κ3) is 3.28. The number of rotatable bonds is 4. The molecule has 4 nitrogen and oxygen atoms in total. The zero-order valence-electron chi connectivity index (χ0n) is 10.8. The first kappa shape index (κ1) is 14.8. The van der Waals surface area contributed by atoms with Gasteiger partial charge in [-0.25, -0.2) is 4.39 Å². The van der Waals surface area contributed by atoms with Crippen LogP contribution in [0.5, 0.6) is 0 Å². The van der Waals surface area contributed by atoms with Crippen molar-refractivity contribution in [1.82, 2.24) is 4.90 Å². The zero-order chi connectivity index (χ0) is 14.7. The Kier molecular flexibility index (Phi) is 4.60. The molecule has 1 atom stereocenters. The molecule has 2 rings (SSSR count). The number of nitrogens with zero attached hydrogens (tertiary/aromatic N) is 1. The van der Waals surface area contributed by atoms with Crippen molar-refractivity contribution in [3.63, 3.8) is 0 Å². The summed E-state index contributed by atoms with van der Waals surface area (Å²) in [4.78, 5) is 24.3. The maximum Gasteiger partial charge on any atom is 0.303 e. The van der Waals surface area contributed by atoms with Crippen LogP contribution in [-0.2, 0) is 4.79 Å². The van der Waals surface area contributed by atoms with E-state index in [0.717, 1.165) is 6.42 Å². The number of carbonyl (C=O) groups excluding carboxylic acids is 1. The lowest BCUT2D eigenvalue weighted by atomic mass is 10.0. The third-order valence-corrected chi connectivity index (χ3v) is 3.83. The maximum absolute atomic E-state index is 13.7. The van der Waals surface area contributed by atoms with Gasteiger partial charge in [-0.3, -0.25) is 9.59 Å². The third-order valence-electron chi connectivity index (χ3n) is 3.52. The van der Waals surface area contributed by atoms with Crippen LogP contribution >= 0.6 is 11.6 Å². The minimum absolute atomic E-state index is 0.0904. The zero-order valence-corrected chi connectivity index (χ0v) is 11.6. The van der Waals surface area contributed by atoms with Crippen LogP contribution in [0.1, 0.15) is 29.6 Å². The van der Waals surface area contributed by atoms with Gasteiger partial charge in [0, 0.05) is 19.5 Å². The van der Waals surface area contributed by atoms with Crippen LogP contribution in [0.25, 0.3) is 0 Å². The molecule has 6 heteroatoms. The molecule has 0 aromatic heterocycles. The van der Waals surface area contributed by atoms with E-state index in [1.165, 1.54) is 23.1 Å². The maximum atomic E-state index is 13.7. The molecule has 20 heavy (non-hydrogen) atoms. The van der Waals surface area contributed by atoms with Crippen LogP contribution in [0, 0.1) is 11.7 Å². The van der Waals surface area contributed by atoms with Crippen molar-refractivity contribution < 1.29 is 19.1 Å². The Labute approximate surface area is 121 Å². The Bertz CT molecular complexity index is 515. The largest absolute Gasteiger partial charge is 0.481 e. The Morgan fingerprint density at radius 1 is 1.45 bits per heavy atom. The molecular weight excluding hydrogens is 285 g/mol. The molecule has 1 fully saturated rings. The molecule has 1 heterocycles. The Balaban J connectivity index is 2.03. The van der Waals surface area contributed by atoms with Crippen molar-refractivity contribution in [2.24, 2.45) is 5.92 Å². The molecule has 0 saturated carbocycles. The molecule has 1 amide bonds. The van der Waals surface area contributed by atoms with Gasteiger partial charge in [-0.2, -0.15) is 0 Å². The van der Waals surface area contributed by atoms with E-state index in [9.17, 15) is 14.0 Å². The van der Waals surface area contributed by atoms with Gasteiger partial charge in [-0.1, -0.05) is 17.7 Å². The number of carboxylic acids is 1. The molecule has 1 unspecified atom stereocenters. The average molecular weight is 300 g/mol. The Morgan fingerprint density at radius 3 is 2.85 bits per heavy atom. The molecule has 0 spiro atoms. The number of hydrogen-bond acceptors (Lipinski definition) is 2. The van der Waals surface area contributed by atoms with E-state index in [-0.39, 0.29) is 22.9 Å². The van der Waals surface area contributed by atoms with Crippen molar-refractivity contribution in [1.29, 1.82) is 0 Å². The quantitative estimate of drug-likeness (QED) is 0.930. The molecule has 1 aliphatic rings. The minimum atomic E-state index is -0.841. The van der Waals surface area contributed by atoms with E-state index in [1.807, 2.05) is 0 Å². The first-order valence-electron chi connectivity index (χ1n) is 6.44. The molecule has 1 aromatic rings. The van der Waals surface area contributed by atoms with Gasteiger partial charge in [0.1, 0.15) is 5.82 Å². The molecule has 0 radical (unpaired) electrons. The normalized spacial score (nSPS) is 18.3. The fourth-order valence-electron chi connectivity index (χ4n) is 2.44. The van der Waals surface area contributed by atoms with Gasteiger partial charge in [0.2, 0.25) is 0 Å². The van der Waals surface area contributed by atoms with E-state index in [2.05, 4.69) is 0 Å². The summed E-state index contributed by atoms with van der Waals surface area (Å²) in [5.74, 6) is -1.74. The van der Waals surface area contributed by atoms with Gasteiger partial charge in [0.25, 0.3) is 5.91 Å². The SMILES string of the molecule is O=C(O)CCC1CCN(C(=O)c2c(F)cccc2Cl)C1. The van der Waals surface area contributed by atoms with Crippen LogP contribution in [0.15, 0.2) is 18.2 Å². The lowest BCUT2D eigenvalue weighted by molar-refractivity contribution is -0.137. The molecule has 1 aromatic carbocycles. The lowest BCUT2D eigenvalue weighted by Crippen LogP contribution is -2.29. The smallest absolute Gasteiger partial charge is 0.303 e. The Hall–Kier alpha value is -1.62. The fraction of sp³-hybridized carbons (Fsp3) is 0.429. The summed E-state index contributed by atoms with van der Waals surface area (Å²) in [6.07, 6.45) is 1.36. The van der Waals surface area contributed by atoms with Gasteiger partial charge < -0.3 is 10.0 Å². The van der Waals surface area contributed by atoms with Crippen LogP contribution in [-0.4, -0.2) is 35.0 Å². The van der Waals surface area contributed by atoms with E-state index >= 15 is 0 Å². The van der Waals surface area contributed by atoms with Crippen LogP contribution < -0.4 is 0 Å². The predicted molar refractivity (Wildman–Crippen MR) is 72.3 cm³/mol. The average Bonchev–Trinajstić information content (AvgIpc) is 2.84. The van der Waals surface area contributed by atoms with Gasteiger partial charge in [-0.05, 0) is 30.9 Å². The van der Waals surface area contributed by atoms with Gasteiger partial charge >= 0.3 is 5.97 Å². The number of benzene rings is 1. The Morgan fingerprint density at radius 2 is 2.20 bits per heavy atom. The summed E-state index contributed by atoms with van der Waals surface area (Å²) in [6.45, 7) is 0.963. The van der Waals surface area contributed by atoms with E-state index < -0.39 is 17.7 Å². The molecule has 1 aliphatic heterocycles. The molecule has 0 aliphatic carbocycles. The number of hydrogen-bond donors (Lipinski definition) is 1. The van der Waals surface area contributed by atoms with Crippen LogP contribution in [0.2, 0.25) is 5.02 Å². The monoisotopic (exact) mass is 299 g/mol. The highest BCUT2D eigenvalue weighted by atomic mass is 35.5. The lowest BCUT2D eigenvalue weighted by Gasteiger charge is -2.17. The van der Waals surface area contributed by atoms with Crippen molar-refractivity contribution in [3.05, 3.63) is 34.6 Å². The topological polar surface area (TPSA) is 57.6 Å². The minimum Gasteiger partial charge on any atom is -0.481 e. The second kappa shape index (κ2) is 6.22. The van der Waals surface area contributed by atoms with E-state index in [0.29, 0.717) is 19.5 Å². The highest BCUT2D eigenvalue weighted by molar-refractivity contribution is 6.33.